The van der Waals surface area contributed by atoms with E-state index < -0.39 is 0 Å². The quantitative estimate of drug-likeness (QED) is 0.752. The first-order valence-corrected chi connectivity index (χ1v) is 8.23. The van der Waals surface area contributed by atoms with Crippen LogP contribution in [0.25, 0.3) is 0 Å². The van der Waals surface area contributed by atoms with Crippen molar-refractivity contribution in [3.05, 3.63) is 0 Å². The summed E-state index contributed by atoms with van der Waals surface area (Å²) in [6.45, 7) is 7.20. The van der Waals surface area contributed by atoms with Gasteiger partial charge in [-0.05, 0) is 38.9 Å². The SMILES string of the molecule is O=C(CN1CCCC1)N1CCN(C(=O)C2CCNC2)CC1. The number of piperazine rings is 1. The third kappa shape index (κ3) is 3.55. The molecule has 118 valence electrons. The molecule has 3 rings (SSSR count). The van der Waals surface area contributed by atoms with Crippen molar-refractivity contribution in [1.82, 2.24) is 20.0 Å². The van der Waals surface area contributed by atoms with Crippen LogP contribution in [0.5, 0.6) is 0 Å². The predicted octanol–water partition coefficient (Wildman–Crippen LogP) is -0.637. The molecular formula is C15H26N4O2. The first kappa shape index (κ1) is 14.8. The minimum atomic E-state index is 0.150. The molecule has 1 atom stereocenters. The molecule has 21 heavy (non-hydrogen) atoms. The minimum absolute atomic E-state index is 0.150. The first-order valence-electron chi connectivity index (χ1n) is 8.23. The lowest BCUT2D eigenvalue weighted by Gasteiger charge is -2.36. The molecule has 0 saturated carbocycles. The summed E-state index contributed by atoms with van der Waals surface area (Å²) in [5.41, 5.74) is 0. The van der Waals surface area contributed by atoms with Crippen molar-refractivity contribution in [3.63, 3.8) is 0 Å². The monoisotopic (exact) mass is 294 g/mol. The second-order valence-corrected chi connectivity index (χ2v) is 6.38. The fraction of sp³-hybridized carbons (Fsp3) is 0.867. The standard InChI is InChI=1S/C15H26N4O2/c20-14(12-17-5-1-2-6-17)18-7-9-19(10-8-18)15(21)13-3-4-16-11-13/h13,16H,1-12H2. The van der Waals surface area contributed by atoms with E-state index in [1.54, 1.807) is 0 Å². The van der Waals surface area contributed by atoms with Crippen molar-refractivity contribution in [3.8, 4) is 0 Å². The van der Waals surface area contributed by atoms with Crippen LogP contribution in [0.3, 0.4) is 0 Å². The summed E-state index contributed by atoms with van der Waals surface area (Å²) < 4.78 is 0. The number of rotatable bonds is 3. The van der Waals surface area contributed by atoms with E-state index in [4.69, 9.17) is 0 Å². The third-order valence-corrected chi connectivity index (χ3v) is 4.91. The Balaban J connectivity index is 1.43. The first-order chi connectivity index (χ1) is 10.2. The fourth-order valence-corrected chi connectivity index (χ4v) is 3.53. The highest BCUT2D eigenvalue weighted by Crippen LogP contribution is 2.14. The summed E-state index contributed by atoms with van der Waals surface area (Å²) in [7, 11) is 0. The van der Waals surface area contributed by atoms with Gasteiger partial charge in [0.25, 0.3) is 0 Å². The molecule has 6 nitrogen and oxygen atoms in total. The van der Waals surface area contributed by atoms with Crippen molar-refractivity contribution in [2.75, 3.05) is 58.9 Å². The van der Waals surface area contributed by atoms with Crippen LogP contribution >= 0.6 is 0 Å². The largest absolute Gasteiger partial charge is 0.339 e. The van der Waals surface area contributed by atoms with Crippen LogP contribution in [-0.4, -0.2) is 85.4 Å². The maximum atomic E-state index is 12.3. The molecule has 1 unspecified atom stereocenters. The molecule has 6 heteroatoms. The average Bonchev–Trinajstić information content (AvgIpc) is 3.20. The van der Waals surface area contributed by atoms with Crippen LogP contribution in [0, 0.1) is 5.92 Å². The molecule has 0 aromatic heterocycles. The number of nitrogens with zero attached hydrogens (tertiary/aromatic N) is 3. The van der Waals surface area contributed by atoms with Gasteiger partial charge in [0.1, 0.15) is 0 Å². The number of amides is 2. The van der Waals surface area contributed by atoms with Crippen molar-refractivity contribution in [1.29, 1.82) is 0 Å². The van der Waals surface area contributed by atoms with Gasteiger partial charge in [-0.2, -0.15) is 0 Å². The summed E-state index contributed by atoms with van der Waals surface area (Å²) in [5.74, 6) is 0.648. The summed E-state index contributed by atoms with van der Waals surface area (Å²) in [4.78, 5) is 30.7. The molecule has 2 amide bonds. The molecule has 0 aliphatic carbocycles. The zero-order valence-corrected chi connectivity index (χ0v) is 12.7. The topological polar surface area (TPSA) is 55.9 Å². The molecule has 0 radical (unpaired) electrons. The van der Waals surface area contributed by atoms with Crippen molar-refractivity contribution >= 4 is 11.8 Å². The van der Waals surface area contributed by atoms with E-state index >= 15 is 0 Å². The maximum Gasteiger partial charge on any atom is 0.236 e. The molecule has 3 aliphatic rings. The lowest BCUT2D eigenvalue weighted by atomic mass is 10.1. The van der Waals surface area contributed by atoms with Crippen molar-refractivity contribution in [2.24, 2.45) is 5.92 Å². The van der Waals surface area contributed by atoms with E-state index in [-0.39, 0.29) is 17.7 Å². The summed E-state index contributed by atoms with van der Waals surface area (Å²) in [6.07, 6.45) is 3.38. The molecule has 0 aromatic rings. The summed E-state index contributed by atoms with van der Waals surface area (Å²) in [5, 5.41) is 3.24. The van der Waals surface area contributed by atoms with Crippen LogP contribution in [0.2, 0.25) is 0 Å². The van der Waals surface area contributed by atoms with E-state index in [9.17, 15) is 9.59 Å². The Labute approximate surface area is 126 Å². The normalized spacial score (nSPS) is 27.3. The molecule has 3 saturated heterocycles. The molecule has 0 bridgehead atoms. The van der Waals surface area contributed by atoms with E-state index in [0.29, 0.717) is 32.7 Å². The molecular weight excluding hydrogens is 268 g/mol. The summed E-state index contributed by atoms with van der Waals surface area (Å²) in [6, 6.07) is 0. The maximum absolute atomic E-state index is 12.3. The van der Waals surface area contributed by atoms with E-state index in [0.717, 1.165) is 32.6 Å². The van der Waals surface area contributed by atoms with Crippen LogP contribution in [0.15, 0.2) is 0 Å². The van der Waals surface area contributed by atoms with Gasteiger partial charge in [0.05, 0.1) is 12.5 Å². The van der Waals surface area contributed by atoms with Crippen LogP contribution in [-0.2, 0) is 9.59 Å². The van der Waals surface area contributed by atoms with Gasteiger partial charge < -0.3 is 15.1 Å². The molecule has 0 aromatic carbocycles. The highest BCUT2D eigenvalue weighted by atomic mass is 16.2. The predicted molar refractivity (Wildman–Crippen MR) is 79.8 cm³/mol. The smallest absolute Gasteiger partial charge is 0.236 e. The third-order valence-electron chi connectivity index (χ3n) is 4.91. The highest BCUT2D eigenvalue weighted by molar-refractivity contribution is 5.81. The van der Waals surface area contributed by atoms with Gasteiger partial charge in [-0.3, -0.25) is 14.5 Å². The molecule has 0 spiro atoms. The molecule has 3 aliphatic heterocycles. The zero-order valence-electron chi connectivity index (χ0n) is 12.7. The Morgan fingerprint density at radius 2 is 1.62 bits per heavy atom. The van der Waals surface area contributed by atoms with Crippen molar-refractivity contribution in [2.45, 2.75) is 19.3 Å². The summed E-state index contributed by atoms with van der Waals surface area (Å²) >= 11 is 0. The molecule has 3 heterocycles. The van der Waals surface area contributed by atoms with Gasteiger partial charge in [0.2, 0.25) is 11.8 Å². The van der Waals surface area contributed by atoms with Gasteiger partial charge in [0.15, 0.2) is 0 Å². The number of hydrogen-bond donors (Lipinski definition) is 1. The molecule has 3 fully saturated rings. The number of likely N-dealkylation sites (tertiary alicyclic amines) is 1. The number of carbonyl (C=O) groups is 2. The van der Waals surface area contributed by atoms with Gasteiger partial charge in [-0.1, -0.05) is 0 Å². The Morgan fingerprint density at radius 1 is 0.952 bits per heavy atom. The second kappa shape index (κ2) is 6.75. The van der Waals surface area contributed by atoms with Gasteiger partial charge >= 0.3 is 0 Å². The molecule has 1 N–H and O–H groups in total. The number of hydrogen-bond acceptors (Lipinski definition) is 4. The Kier molecular flexibility index (Phi) is 4.75. The number of nitrogens with one attached hydrogen (secondary N) is 1. The average molecular weight is 294 g/mol. The van der Waals surface area contributed by atoms with Gasteiger partial charge in [-0.15, -0.1) is 0 Å². The minimum Gasteiger partial charge on any atom is -0.339 e. The van der Waals surface area contributed by atoms with E-state index in [1.165, 1.54) is 12.8 Å². The Hall–Kier alpha value is -1.14. The van der Waals surface area contributed by atoms with E-state index in [1.807, 2.05) is 9.80 Å². The van der Waals surface area contributed by atoms with Crippen LogP contribution < -0.4 is 5.32 Å². The number of carbonyl (C=O) groups excluding carboxylic acids is 2. The van der Waals surface area contributed by atoms with Crippen molar-refractivity contribution < 1.29 is 9.59 Å². The Morgan fingerprint density at radius 3 is 2.24 bits per heavy atom. The van der Waals surface area contributed by atoms with E-state index in [2.05, 4.69) is 10.2 Å². The van der Waals surface area contributed by atoms with Gasteiger partial charge in [0, 0.05) is 32.7 Å². The zero-order chi connectivity index (χ0) is 14.7. The lowest BCUT2D eigenvalue weighted by Crippen LogP contribution is -2.53. The highest BCUT2D eigenvalue weighted by Gasteiger charge is 2.30. The van der Waals surface area contributed by atoms with Crippen LogP contribution in [0.4, 0.5) is 0 Å². The lowest BCUT2D eigenvalue weighted by molar-refractivity contribution is -0.142. The Bertz CT molecular complexity index is 381. The van der Waals surface area contributed by atoms with Crippen LogP contribution in [0.1, 0.15) is 19.3 Å². The fourth-order valence-electron chi connectivity index (χ4n) is 3.53. The second-order valence-electron chi connectivity index (χ2n) is 6.38. The van der Waals surface area contributed by atoms with Gasteiger partial charge in [-0.25, -0.2) is 0 Å².